The smallest absolute Gasteiger partial charge is 0.315 e. The molecule has 1 heterocycles. The molecule has 0 bridgehead atoms. The van der Waals surface area contributed by atoms with Gasteiger partial charge in [0.15, 0.2) is 0 Å². The van der Waals surface area contributed by atoms with E-state index in [2.05, 4.69) is 21.3 Å². The first kappa shape index (κ1) is 33.6. The summed E-state index contributed by atoms with van der Waals surface area (Å²) >= 11 is 0. The minimum atomic E-state index is -0.693. The van der Waals surface area contributed by atoms with Crippen molar-refractivity contribution in [3.63, 3.8) is 0 Å². The number of β-amino-alcohol motifs (C(OH)–C–C–N with tert-alkyl or cyclic N) is 1. The second-order valence-corrected chi connectivity index (χ2v) is 12.3. The third-order valence-electron chi connectivity index (χ3n) is 7.82. The molecule has 3 aromatic rings. The zero-order valence-corrected chi connectivity index (χ0v) is 26.3. The Balaban J connectivity index is 1.47. The third kappa shape index (κ3) is 9.87. The van der Waals surface area contributed by atoms with E-state index in [0.717, 1.165) is 33.4 Å². The number of rotatable bonds is 13. The Morgan fingerprint density at radius 1 is 0.978 bits per heavy atom. The molecule has 6 N–H and O–H groups in total. The van der Waals surface area contributed by atoms with E-state index in [9.17, 15) is 19.5 Å². The highest BCUT2D eigenvalue weighted by molar-refractivity contribution is 5.89. The van der Waals surface area contributed by atoms with E-state index in [0.29, 0.717) is 32.6 Å². The van der Waals surface area contributed by atoms with Crippen molar-refractivity contribution in [3.8, 4) is 11.1 Å². The maximum atomic E-state index is 13.9. The van der Waals surface area contributed by atoms with Crippen LogP contribution >= 0.6 is 0 Å². The van der Waals surface area contributed by atoms with Gasteiger partial charge in [0.1, 0.15) is 6.04 Å². The normalized spacial score (nSPS) is 15.5. The molecule has 4 rings (SSSR count). The molecule has 45 heavy (non-hydrogen) atoms. The van der Waals surface area contributed by atoms with Crippen LogP contribution in [0, 0.1) is 0 Å². The van der Waals surface area contributed by atoms with Crippen LogP contribution < -0.4 is 21.3 Å². The monoisotopic (exact) mass is 615 g/mol. The lowest BCUT2D eigenvalue weighted by atomic mass is 9.98. The highest BCUT2D eigenvalue weighted by Crippen LogP contribution is 2.26. The second kappa shape index (κ2) is 15.7. The van der Waals surface area contributed by atoms with Crippen LogP contribution in [-0.2, 0) is 35.6 Å². The van der Waals surface area contributed by atoms with E-state index >= 15 is 0 Å². The molecule has 2 atom stereocenters. The minimum absolute atomic E-state index is 0.122. The lowest BCUT2D eigenvalue weighted by Gasteiger charge is -2.29. The summed E-state index contributed by atoms with van der Waals surface area (Å²) in [4.78, 5) is 40.8. The number of aliphatic hydroxyl groups is 2. The average Bonchev–Trinajstić information content (AvgIpc) is 3.14. The first-order chi connectivity index (χ1) is 21.5. The fraction of sp³-hybridized carbons (Fsp3) is 0.400. The maximum absolute atomic E-state index is 13.9. The number of nitrogens with one attached hydrogen (secondary N) is 4. The van der Waals surface area contributed by atoms with Gasteiger partial charge in [-0.2, -0.15) is 0 Å². The van der Waals surface area contributed by atoms with Crippen LogP contribution in [0.15, 0.2) is 72.8 Å². The van der Waals surface area contributed by atoms with Gasteiger partial charge < -0.3 is 36.4 Å². The number of nitrogens with zero attached hydrogens (tertiary/aromatic N) is 1. The zero-order chi connectivity index (χ0) is 32.4. The Bertz CT molecular complexity index is 1460. The molecule has 0 unspecified atom stereocenters. The van der Waals surface area contributed by atoms with Gasteiger partial charge in [-0.3, -0.25) is 9.59 Å². The molecule has 10 heteroatoms. The Kier molecular flexibility index (Phi) is 11.7. The standard InChI is InChI=1S/C35H45N5O5/c1-24(42)20-38-35(2,3)19-32(43)39-31-18-27-8-4-5-10-29(27)23-40(33(31)44)22-25-12-14-26(15-13-25)30-11-7-6-9-28(30)21-37-34(45)36-16-17-41/h4-15,24,31,38,41-42H,16-23H2,1-3H3,(H,39,43)(H2,36,37,45)/t24-,31-/m1/s1. The van der Waals surface area contributed by atoms with Crippen LogP contribution in [0.1, 0.15) is 49.4 Å². The van der Waals surface area contributed by atoms with Crippen molar-refractivity contribution in [1.29, 1.82) is 0 Å². The van der Waals surface area contributed by atoms with Crippen LogP contribution in [0.2, 0.25) is 0 Å². The number of fused-ring (bicyclic) bond motifs is 1. The molecule has 0 radical (unpaired) electrons. The summed E-state index contributed by atoms with van der Waals surface area (Å²) in [7, 11) is 0. The lowest BCUT2D eigenvalue weighted by molar-refractivity contribution is -0.137. The summed E-state index contributed by atoms with van der Waals surface area (Å²) in [5.74, 6) is -0.353. The van der Waals surface area contributed by atoms with E-state index in [-0.39, 0.29) is 37.4 Å². The number of hydrogen-bond donors (Lipinski definition) is 6. The van der Waals surface area contributed by atoms with E-state index in [1.54, 1.807) is 11.8 Å². The molecule has 1 aliphatic heterocycles. The molecular weight excluding hydrogens is 570 g/mol. The van der Waals surface area contributed by atoms with Crippen molar-refractivity contribution in [2.75, 3.05) is 19.7 Å². The number of amides is 4. The number of hydrogen-bond acceptors (Lipinski definition) is 6. The topological polar surface area (TPSA) is 143 Å². The van der Waals surface area contributed by atoms with Crippen molar-refractivity contribution >= 4 is 17.8 Å². The number of benzene rings is 3. The highest BCUT2D eigenvalue weighted by atomic mass is 16.3. The van der Waals surface area contributed by atoms with Crippen molar-refractivity contribution in [2.45, 2.75) is 70.9 Å². The fourth-order valence-corrected chi connectivity index (χ4v) is 5.48. The fourth-order valence-electron chi connectivity index (χ4n) is 5.48. The van der Waals surface area contributed by atoms with Crippen LogP contribution in [0.3, 0.4) is 0 Å². The largest absolute Gasteiger partial charge is 0.395 e. The van der Waals surface area contributed by atoms with Crippen LogP contribution in [0.4, 0.5) is 4.79 Å². The van der Waals surface area contributed by atoms with Crippen molar-refractivity contribution < 1.29 is 24.6 Å². The van der Waals surface area contributed by atoms with Gasteiger partial charge in [0.05, 0.1) is 12.7 Å². The molecule has 0 spiro atoms. The van der Waals surface area contributed by atoms with Gasteiger partial charge in [0.25, 0.3) is 0 Å². The molecule has 0 aromatic heterocycles. The molecule has 0 fully saturated rings. The number of carbonyl (C=O) groups is 3. The molecular formula is C35H45N5O5. The van der Waals surface area contributed by atoms with E-state index < -0.39 is 17.7 Å². The summed E-state index contributed by atoms with van der Waals surface area (Å²) < 4.78 is 0. The van der Waals surface area contributed by atoms with Crippen molar-refractivity contribution in [2.24, 2.45) is 0 Å². The quantitative estimate of drug-likeness (QED) is 0.175. The third-order valence-corrected chi connectivity index (χ3v) is 7.82. The van der Waals surface area contributed by atoms with Gasteiger partial charge in [-0.15, -0.1) is 0 Å². The Hall–Kier alpha value is -4.25. The molecule has 0 saturated carbocycles. The molecule has 240 valence electrons. The van der Waals surface area contributed by atoms with Crippen LogP contribution in [0.5, 0.6) is 0 Å². The maximum Gasteiger partial charge on any atom is 0.315 e. The summed E-state index contributed by atoms with van der Waals surface area (Å²) in [6.07, 6.45) is 0.0509. The predicted octanol–water partition coefficient (Wildman–Crippen LogP) is 2.85. The van der Waals surface area contributed by atoms with E-state index in [1.165, 1.54) is 0 Å². The Morgan fingerprint density at radius 3 is 2.38 bits per heavy atom. The van der Waals surface area contributed by atoms with E-state index in [4.69, 9.17) is 5.11 Å². The number of aliphatic hydroxyl groups excluding tert-OH is 2. The number of carbonyl (C=O) groups excluding carboxylic acids is 3. The SMILES string of the molecule is C[C@@H](O)CNC(C)(C)CC(=O)N[C@@H]1Cc2ccccc2CN(Cc2ccc(-c3ccccc3CNC(=O)NCCO)cc2)C1=O. The van der Waals surface area contributed by atoms with Crippen LogP contribution in [0.25, 0.3) is 11.1 Å². The summed E-state index contributed by atoms with van der Waals surface area (Å²) in [6, 6.07) is 22.8. The van der Waals surface area contributed by atoms with Gasteiger partial charge in [-0.25, -0.2) is 4.79 Å². The molecule has 3 aromatic carbocycles. The number of urea groups is 1. The zero-order valence-electron chi connectivity index (χ0n) is 26.3. The highest BCUT2D eigenvalue weighted by Gasteiger charge is 2.32. The minimum Gasteiger partial charge on any atom is -0.395 e. The lowest BCUT2D eigenvalue weighted by Crippen LogP contribution is -2.51. The first-order valence-corrected chi connectivity index (χ1v) is 15.4. The molecule has 4 amide bonds. The van der Waals surface area contributed by atoms with E-state index in [1.807, 2.05) is 86.6 Å². The van der Waals surface area contributed by atoms with Crippen LogP contribution in [-0.4, -0.2) is 70.3 Å². The van der Waals surface area contributed by atoms with Gasteiger partial charge in [0.2, 0.25) is 11.8 Å². The van der Waals surface area contributed by atoms with Gasteiger partial charge in [-0.05, 0) is 54.2 Å². The van der Waals surface area contributed by atoms with Gasteiger partial charge in [-0.1, -0.05) is 72.8 Å². The second-order valence-electron chi connectivity index (χ2n) is 12.3. The Labute approximate surface area is 265 Å². The van der Waals surface area contributed by atoms with Gasteiger partial charge in [0, 0.05) is 51.1 Å². The van der Waals surface area contributed by atoms with Gasteiger partial charge >= 0.3 is 6.03 Å². The van der Waals surface area contributed by atoms with Crippen molar-refractivity contribution in [3.05, 3.63) is 95.1 Å². The predicted molar refractivity (Wildman–Crippen MR) is 174 cm³/mol. The molecule has 0 aliphatic carbocycles. The summed E-state index contributed by atoms with van der Waals surface area (Å²) in [5.41, 5.74) is 5.43. The molecule has 10 nitrogen and oxygen atoms in total. The molecule has 1 aliphatic rings. The summed E-state index contributed by atoms with van der Waals surface area (Å²) in [6.45, 7) is 7.09. The Morgan fingerprint density at radius 2 is 1.67 bits per heavy atom. The average molecular weight is 616 g/mol. The molecule has 0 saturated heterocycles. The van der Waals surface area contributed by atoms with Crippen molar-refractivity contribution in [1.82, 2.24) is 26.2 Å². The summed E-state index contributed by atoms with van der Waals surface area (Å²) in [5, 5.41) is 30.2. The first-order valence-electron chi connectivity index (χ1n) is 15.4.